The number of imidazole rings is 1. The van der Waals surface area contributed by atoms with E-state index in [0.29, 0.717) is 23.2 Å². The minimum atomic E-state index is -0.887. The zero-order valence-electron chi connectivity index (χ0n) is 21.1. The molecule has 1 N–H and O–H groups in total. The first-order chi connectivity index (χ1) is 18.3. The molecule has 1 aliphatic rings. The van der Waals surface area contributed by atoms with E-state index in [4.69, 9.17) is 6.57 Å². The molecule has 4 aromatic rings. The van der Waals surface area contributed by atoms with Crippen LogP contribution in [0.2, 0.25) is 0 Å². The molecule has 0 unspecified atom stereocenters. The summed E-state index contributed by atoms with van der Waals surface area (Å²) < 4.78 is 3.36. The molecule has 1 aliphatic heterocycles. The Kier molecular flexibility index (Phi) is 6.41. The van der Waals surface area contributed by atoms with Crippen molar-refractivity contribution < 1.29 is 4.79 Å². The Bertz CT molecular complexity index is 1680. The number of hydrogen-bond acceptors (Lipinski definition) is 9. The summed E-state index contributed by atoms with van der Waals surface area (Å²) >= 11 is 0. The molecule has 0 saturated carbocycles. The second kappa shape index (κ2) is 9.85. The molecule has 1 amide bonds. The molecular weight excluding hydrogens is 490 g/mol. The number of anilines is 2. The maximum atomic E-state index is 13.1. The van der Waals surface area contributed by atoms with E-state index in [9.17, 15) is 14.4 Å². The summed E-state index contributed by atoms with van der Waals surface area (Å²) in [4.78, 5) is 65.6. The van der Waals surface area contributed by atoms with Gasteiger partial charge in [0.2, 0.25) is 11.9 Å². The molecule has 14 heteroatoms. The molecule has 0 radical (unpaired) electrons. The molecular formula is C24H25N11O3. The van der Waals surface area contributed by atoms with E-state index >= 15 is 0 Å². The number of aromatic nitrogens is 8. The van der Waals surface area contributed by atoms with Crippen LogP contribution in [0.1, 0.15) is 32.7 Å². The molecule has 4 aromatic heterocycles. The van der Waals surface area contributed by atoms with Crippen LogP contribution in [0.25, 0.3) is 27.3 Å². The molecule has 0 bridgehead atoms. The second-order valence-electron chi connectivity index (χ2n) is 9.11. The predicted molar refractivity (Wildman–Crippen MR) is 138 cm³/mol. The Morgan fingerprint density at radius 1 is 1.21 bits per heavy atom. The second-order valence-corrected chi connectivity index (χ2v) is 9.11. The van der Waals surface area contributed by atoms with Crippen LogP contribution >= 0.6 is 0 Å². The smallest absolute Gasteiger partial charge is 0.338 e. The fraction of sp³-hybridized carbons (Fsp3) is 0.375. The lowest BCUT2D eigenvalue weighted by atomic mass is 10.2. The summed E-state index contributed by atoms with van der Waals surface area (Å²) in [6.07, 6.45) is 9.87. The van der Waals surface area contributed by atoms with E-state index in [1.54, 1.807) is 25.5 Å². The van der Waals surface area contributed by atoms with Crippen LogP contribution in [0.3, 0.4) is 0 Å². The number of carbonyl (C=O) groups excluding carboxylic acids is 1. The number of rotatable bonds is 6. The Labute approximate surface area is 216 Å². The number of nitrogens with zero attached hydrogens (tertiary/aromatic N) is 10. The van der Waals surface area contributed by atoms with Gasteiger partial charge in [-0.2, -0.15) is 4.57 Å². The lowest BCUT2D eigenvalue weighted by Gasteiger charge is -2.20. The molecule has 5 heterocycles. The van der Waals surface area contributed by atoms with Crippen molar-refractivity contribution in [2.24, 2.45) is 7.05 Å². The van der Waals surface area contributed by atoms with E-state index in [1.165, 1.54) is 28.7 Å². The summed E-state index contributed by atoms with van der Waals surface area (Å²) in [5.41, 5.74) is -0.0392. The van der Waals surface area contributed by atoms with Crippen molar-refractivity contribution in [1.82, 2.24) is 38.6 Å². The first-order valence-electron chi connectivity index (χ1n) is 12.0. The number of amides is 1. The zero-order valence-corrected chi connectivity index (χ0v) is 21.1. The Hall–Kier alpha value is -4.93. The van der Waals surface area contributed by atoms with Crippen LogP contribution in [0, 0.1) is 6.57 Å². The van der Waals surface area contributed by atoms with Gasteiger partial charge in [0.25, 0.3) is 12.2 Å². The SMILES string of the molecule is [C-]#[N+]Cn1c(=O)c2c(ncn2[C@@H](C)C(=O)Nc2cncc(-c3cnc(N4CCC[C@@H]4C)nc3)n2)n(C)c1=O. The summed E-state index contributed by atoms with van der Waals surface area (Å²) in [6.45, 7) is 11.3. The Morgan fingerprint density at radius 3 is 2.66 bits per heavy atom. The van der Waals surface area contributed by atoms with E-state index in [1.807, 2.05) is 0 Å². The van der Waals surface area contributed by atoms with Crippen molar-refractivity contribution in [2.45, 2.75) is 45.4 Å². The molecule has 0 aliphatic carbocycles. The third-order valence-corrected chi connectivity index (χ3v) is 6.70. The van der Waals surface area contributed by atoms with Crippen LogP contribution in [-0.4, -0.2) is 57.1 Å². The number of fused-ring (bicyclic) bond motifs is 1. The number of carbonyl (C=O) groups is 1. The first kappa shape index (κ1) is 24.8. The average Bonchev–Trinajstić information content (AvgIpc) is 3.56. The van der Waals surface area contributed by atoms with E-state index < -0.39 is 29.9 Å². The monoisotopic (exact) mass is 515 g/mol. The third kappa shape index (κ3) is 4.27. The van der Waals surface area contributed by atoms with Gasteiger partial charge in [0.15, 0.2) is 17.0 Å². The molecule has 0 aromatic carbocycles. The largest absolute Gasteiger partial charge is 0.338 e. The highest BCUT2D eigenvalue weighted by Gasteiger charge is 2.24. The quantitative estimate of drug-likeness (QED) is 0.374. The van der Waals surface area contributed by atoms with Gasteiger partial charge >= 0.3 is 5.69 Å². The Morgan fingerprint density at radius 2 is 1.97 bits per heavy atom. The van der Waals surface area contributed by atoms with E-state index in [-0.39, 0.29) is 17.0 Å². The van der Waals surface area contributed by atoms with Crippen LogP contribution in [-0.2, 0) is 18.5 Å². The molecule has 194 valence electrons. The molecule has 1 saturated heterocycles. The van der Waals surface area contributed by atoms with Crippen LogP contribution in [0.4, 0.5) is 11.8 Å². The van der Waals surface area contributed by atoms with E-state index in [0.717, 1.165) is 24.0 Å². The van der Waals surface area contributed by atoms with Crippen LogP contribution in [0.5, 0.6) is 0 Å². The van der Waals surface area contributed by atoms with Crippen LogP contribution in [0.15, 0.2) is 40.7 Å². The van der Waals surface area contributed by atoms with Gasteiger partial charge in [-0.15, -0.1) is 0 Å². The van der Waals surface area contributed by atoms with Crippen molar-refractivity contribution in [3.8, 4) is 11.3 Å². The highest BCUT2D eigenvalue weighted by Crippen LogP contribution is 2.24. The maximum absolute atomic E-state index is 13.1. The summed E-state index contributed by atoms with van der Waals surface area (Å²) in [6, 6.07) is -0.490. The molecule has 38 heavy (non-hydrogen) atoms. The van der Waals surface area contributed by atoms with Crippen LogP contribution < -0.4 is 21.5 Å². The predicted octanol–water partition coefficient (Wildman–Crippen LogP) is 1.21. The van der Waals surface area contributed by atoms with Gasteiger partial charge in [-0.05, 0) is 26.7 Å². The molecule has 0 spiro atoms. The minimum Gasteiger partial charge on any atom is -0.338 e. The van der Waals surface area contributed by atoms with Crippen molar-refractivity contribution in [1.29, 1.82) is 0 Å². The first-order valence-corrected chi connectivity index (χ1v) is 12.0. The third-order valence-electron chi connectivity index (χ3n) is 6.70. The summed E-state index contributed by atoms with van der Waals surface area (Å²) in [5.74, 6) is 0.402. The molecule has 1 fully saturated rings. The van der Waals surface area contributed by atoms with Gasteiger partial charge in [0.1, 0.15) is 6.04 Å². The summed E-state index contributed by atoms with van der Waals surface area (Å²) in [5, 5.41) is 2.72. The van der Waals surface area contributed by atoms with Crippen molar-refractivity contribution in [3.05, 3.63) is 63.4 Å². The lowest BCUT2D eigenvalue weighted by molar-refractivity contribution is -0.118. The van der Waals surface area contributed by atoms with E-state index in [2.05, 4.69) is 46.9 Å². The van der Waals surface area contributed by atoms with Gasteiger partial charge in [0.05, 0.1) is 24.4 Å². The van der Waals surface area contributed by atoms with Gasteiger partial charge in [-0.1, -0.05) is 0 Å². The van der Waals surface area contributed by atoms with Crippen molar-refractivity contribution in [2.75, 3.05) is 16.8 Å². The van der Waals surface area contributed by atoms with Crippen molar-refractivity contribution in [3.63, 3.8) is 0 Å². The summed E-state index contributed by atoms with van der Waals surface area (Å²) in [7, 11) is 1.45. The van der Waals surface area contributed by atoms with Gasteiger partial charge in [-0.25, -0.2) is 31.3 Å². The van der Waals surface area contributed by atoms with Gasteiger partial charge in [-0.3, -0.25) is 24.0 Å². The number of aryl methyl sites for hydroxylation is 1. The maximum Gasteiger partial charge on any atom is 0.338 e. The fourth-order valence-corrected chi connectivity index (χ4v) is 4.53. The fourth-order valence-electron chi connectivity index (χ4n) is 4.53. The zero-order chi connectivity index (χ0) is 27.0. The topological polar surface area (TPSA) is 150 Å². The number of nitrogens with one attached hydrogen (secondary N) is 1. The highest BCUT2D eigenvalue weighted by molar-refractivity contribution is 5.93. The average molecular weight is 516 g/mol. The number of hydrogen-bond donors (Lipinski definition) is 1. The highest BCUT2D eigenvalue weighted by atomic mass is 16.2. The lowest BCUT2D eigenvalue weighted by Crippen LogP contribution is -2.39. The van der Waals surface area contributed by atoms with Gasteiger partial charge < -0.3 is 14.8 Å². The van der Waals surface area contributed by atoms with Gasteiger partial charge in [0, 0.05) is 37.6 Å². The molecule has 2 atom stereocenters. The minimum absolute atomic E-state index is 0.0443. The molecule has 5 rings (SSSR count). The standard InChI is InChI=1S/C24H25N11O3/c1-14-6-5-7-33(14)23-27-8-16(9-28-23)17-10-26-11-18(30-17)31-21(36)15(2)34-13-29-20-19(34)22(37)35(12-25-3)24(38)32(20)4/h8-11,13-15H,5-7,12H2,1-2,4H3,(H,30,31,36)/t14-,15-/m0/s1. The Balaban J connectivity index is 1.38. The molecule has 14 nitrogen and oxygen atoms in total. The van der Waals surface area contributed by atoms with Crippen molar-refractivity contribution >= 4 is 28.8 Å². The normalized spacial score (nSPS) is 15.9.